The Hall–Kier alpha value is -2.24. The number of benzene rings is 2. The Morgan fingerprint density at radius 3 is 2.48 bits per heavy atom. The van der Waals surface area contributed by atoms with Crippen LogP contribution in [0.25, 0.3) is 0 Å². The van der Waals surface area contributed by atoms with Crippen LogP contribution in [0.5, 0.6) is 0 Å². The lowest BCUT2D eigenvalue weighted by molar-refractivity contribution is -0.133. The molecule has 1 aliphatic heterocycles. The molecule has 1 saturated heterocycles. The average molecular weight is 370 g/mol. The molecule has 0 aromatic heterocycles. The highest BCUT2D eigenvalue weighted by atomic mass is 19.1. The minimum Gasteiger partial charge on any atom is -0.391 e. The third-order valence-corrected chi connectivity index (χ3v) is 5.07. The Labute approximate surface area is 160 Å². The van der Waals surface area contributed by atoms with Crippen molar-refractivity contribution in [1.82, 2.24) is 10.2 Å². The summed E-state index contributed by atoms with van der Waals surface area (Å²) in [5.74, 6) is -0.264. The molecule has 1 amide bonds. The van der Waals surface area contributed by atoms with Gasteiger partial charge in [-0.25, -0.2) is 4.39 Å². The zero-order valence-electron chi connectivity index (χ0n) is 15.8. The molecule has 1 heterocycles. The summed E-state index contributed by atoms with van der Waals surface area (Å²) in [5, 5.41) is 13.9. The zero-order chi connectivity index (χ0) is 19.4. The maximum atomic E-state index is 13.5. The molecule has 2 aromatic rings. The molecule has 3 atom stereocenters. The molecule has 3 rings (SSSR count). The van der Waals surface area contributed by atoms with Gasteiger partial charge < -0.3 is 10.0 Å². The largest absolute Gasteiger partial charge is 0.391 e. The van der Waals surface area contributed by atoms with Crippen molar-refractivity contribution in [2.45, 2.75) is 51.5 Å². The number of carbonyl (C=O) groups is 1. The second kappa shape index (κ2) is 8.63. The Morgan fingerprint density at radius 1 is 1.11 bits per heavy atom. The fourth-order valence-electron chi connectivity index (χ4n) is 3.62. The minimum atomic E-state index is -0.767. The number of amides is 1. The minimum absolute atomic E-state index is 0.126. The Balaban J connectivity index is 1.69. The number of rotatable bonds is 7. The molecule has 0 radical (unpaired) electrons. The van der Waals surface area contributed by atoms with E-state index < -0.39 is 12.1 Å². The molecule has 0 spiro atoms. The molecule has 144 valence electrons. The monoisotopic (exact) mass is 370 g/mol. The van der Waals surface area contributed by atoms with Crippen molar-refractivity contribution in [2.75, 3.05) is 0 Å². The van der Waals surface area contributed by atoms with Crippen molar-refractivity contribution in [2.24, 2.45) is 5.92 Å². The van der Waals surface area contributed by atoms with Crippen LogP contribution in [0.15, 0.2) is 54.6 Å². The Morgan fingerprint density at radius 2 is 1.81 bits per heavy atom. The van der Waals surface area contributed by atoms with Crippen LogP contribution in [-0.4, -0.2) is 34.2 Å². The molecule has 2 N–H and O–H groups in total. The number of hydrogen-bond donors (Lipinski definition) is 2. The van der Waals surface area contributed by atoms with E-state index in [-0.39, 0.29) is 23.8 Å². The van der Waals surface area contributed by atoms with Crippen molar-refractivity contribution < 1.29 is 14.3 Å². The number of nitrogens with one attached hydrogen (secondary N) is 1. The van der Waals surface area contributed by atoms with E-state index in [9.17, 15) is 14.3 Å². The highest BCUT2D eigenvalue weighted by Gasteiger charge is 2.43. The first kappa shape index (κ1) is 19.5. The summed E-state index contributed by atoms with van der Waals surface area (Å²) in [6.07, 6.45) is 0.268. The first-order chi connectivity index (χ1) is 13.0. The summed E-state index contributed by atoms with van der Waals surface area (Å²) in [6.45, 7) is 4.39. The molecular formula is C22H27FN2O2. The van der Waals surface area contributed by atoms with Gasteiger partial charge in [0.15, 0.2) is 0 Å². The summed E-state index contributed by atoms with van der Waals surface area (Å²) in [7, 11) is 0. The number of aliphatic hydroxyl groups excluding tert-OH is 1. The first-order valence-electron chi connectivity index (χ1n) is 9.48. The van der Waals surface area contributed by atoms with Crippen LogP contribution < -0.4 is 5.32 Å². The number of carbonyl (C=O) groups excluding carboxylic acids is 1. The molecule has 1 aliphatic rings. The van der Waals surface area contributed by atoms with Crippen LogP contribution in [0.3, 0.4) is 0 Å². The maximum absolute atomic E-state index is 13.5. The Kier molecular flexibility index (Phi) is 6.24. The third-order valence-electron chi connectivity index (χ3n) is 5.07. The van der Waals surface area contributed by atoms with Crippen LogP contribution >= 0.6 is 0 Å². The van der Waals surface area contributed by atoms with Gasteiger partial charge in [0.2, 0.25) is 5.91 Å². The molecule has 5 heteroatoms. The summed E-state index contributed by atoms with van der Waals surface area (Å²) < 4.78 is 13.5. The maximum Gasteiger partial charge on any atom is 0.244 e. The van der Waals surface area contributed by atoms with Crippen molar-refractivity contribution in [1.29, 1.82) is 0 Å². The number of aliphatic hydroxyl groups is 1. The van der Waals surface area contributed by atoms with E-state index in [1.807, 2.05) is 50.2 Å². The normalized spacial score (nSPS) is 21.1. The standard InChI is InChI=1S/C22H27FN2O2/c1-15(2)21-24-20(19(26)12-11-16-7-4-3-5-8-16)22(27)25(21)14-17-9-6-10-18(23)13-17/h3-10,13,15,19-21,24,26H,11-12,14H2,1-2H3/t19-,20+,21?/m1/s1. The molecule has 2 aromatic carbocycles. The van der Waals surface area contributed by atoms with Crippen molar-refractivity contribution in [3.63, 3.8) is 0 Å². The van der Waals surface area contributed by atoms with Crippen LogP contribution in [0.1, 0.15) is 31.4 Å². The highest BCUT2D eigenvalue weighted by Crippen LogP contribution is 2.23. The predicted octanol–water partition coefficient (Wildman–Crippen LogP) is 3.10. The topological polar surface area (TPSA) is 52.6 Å². The lowest BCUT2D eigenvalue weighted by Crippen LogP contribution is -2.43. The van der Waals surface area contributed by atoms with Gasteiger partial charge in [-0.3, -0.25) is 10.1 Å². The quantitative estimate of drug-likeness (QED) is 0.787. The van der Waals surface area contributed by atoms with Gasteiger partial charge in [0.05, 0.1) is 12.3 Å². The van der Waals surface area contributed by atoms with Gasteiger partial charge in [-0.15, -0.1) is 0 Å². The van der Waals surface area contributed by atoms with Crippen LogP contribution in [0.2, 0.25) is 0 Å². The summed E-state index contributed by atoms with van der Waals surface area (Å²) in [6, 6.07) is 15.6. The molecule has 0 bridgehead atoms. The lowest BCUT2D eigenvalue weighted by Gasteiger charge is -2.27. The molecule has 0 aliphatic carbocycles. The van der Waals surface area contributed by atoms with Gasteiger partial charge in [0.25, 0.3) is 0 Å². The summed E-state index contributed by atoms with van der Waals surface area (Å²) >= 11 is 0. The second-order valence-corrected chi connectivity index (χ2v) is 7.52. The van der Waals surface area contributed by atoms with Gasteiger partial charge in [0, 0.05) is 6.54 Å². The molecule has 27 heavy (non-hydrogen) atoms. The third kappa shape index (κ3) is 4.73. The van der Waals surface area contributed by atoms with Gasteiger partial charge in [-0.2, -0.15) is 0 Å². The van der Waals surface area contributed by atoms with E-state index in [4.69, 9.17) is 0 Å². The number of aryl methyl sites for hydroxylation is 1. The van der Waals surface area contributed by atoms with Gasteiger partial charge in [-0.05, 0) is 42.0 Å². The van der Waals surface area contributed by atoms with E-state index in [2.05, 4.69) is 5.32 Å². The number of hydrogen-bond acceptors (Lipinski definition) is 3. The lowest BCUT2D eigenvalue weighted by atomic mass is 10.0. The SMILES string of the molecule is CC(C)C1N[C@@H]([C@H](O)CCc2ccccc2)C(=O)N1Cc1cccc(F)c1. The van der Waals surface area contributed by atoms with E-state index in [1.165, 1.54) is 12.1 Å². The Bertz CT molecular complexity index is 766. The van der Waals surface area contributed by atoms with Crippen LogP contribution in [0.4, 0.5) is 4.39 Å². The van der Waals surface area contributed by atoms with Crippen LogP contribution in [-0.2, 0) is 17.8 Å². The molecule has 1 unspecified atom stereocenters. The van der Waals surface area contributed by atoms with E-state index in [0.717, 1.165) is 11.1 Å². The molecule has 1 fully saturated rings. The van der Waals surface area contributed by atoms with E-state index in [0.29, 0.717) is 19.4 Å². The fraction of sp³-hybridized carbons (Fsp3) is 0.409. The summed E-state index contributed by atoms with van der Waals surface area (Å²) in [4.78, 5) is 14.7. The zero-order valence-corrected chi connectivity index (χ0v) is 15.8. The van der Waals surface area contributed by atoms with Crippen molar-refractivity contribution >= 4 is 5.91 Å². The second-order valence-electron chi connectivity index (χ2n) is 7.52. The molecule has 0 saturated carbocycles. The van der Waals surface area contributed by atoms with Crippen molar-refractivity contribution in [3.05, 3.63) is 71.5 Å². The number of halogens is 1. The van der Waals surface area contributed by atoms with E-state index >= 15 is 0 Å². The highest BCUT2D eigenvalue weighted by molar-refractivity contribution is 5.85. The van der Waals surface area contributed by atoms with Gasteiger partial charge in [0.1, 0.15) is 11.9 Å². The van der Waals surface area contributed by atoms with Gasteiger partial charge in [-0.1, -0.05) is 56.3 Å². The van der Waals surface area contributed by atoms with Crippen LogP contribution in [0, 0.1) is 11.7 Å². The average Bonchev–Trinajstić information content (AvgIpc) is 2.97. The smallest absolute Gasteiger partial charge is 0.244 e. The first-order valence-corrected chi connectivity index (χ1v) is 9.48. The predicted molar refractivity (Wildman–Crippen MR) is 103 cm³/mol. The van der Waals surface area contributed by atoms with Crippen molar-refractivity contribution in [3.8, 4) is 0 Å². The number of nitrogens with zero attached hydrogens (tertiary/aromatic N) is 1. The molecule has 4 nitrogen and oxygen atoms in total. The fourth-order valence-corrected chi connectivity index (χ4v) is 3.62. The summed E-state index contributed by atoms with van der Waals surface area (Å²) in [5.41, 5.74) is 1.88. The van der Waals surface area contributed by atoms with Gasteiger partial charge >= 0.3 is 0 Å². The van der Waals surface area contributed by atoms with E-state index in [1.54, 1.807) is 11.0 Å². The molecular weight excluding hydrogens is 343 g/mol.